The first-order valence-electron chi connectivity index (χ1n) is 5.38. The quantitative estimate of drug-likeness (QED) is 0.814. The number of pyridine rings is 1. The molecule has 0 aromatic heterocycles. The number of aromatic nitrogens is 3. The fourth-order valence-corrected chi connectivity index (χ4v) is 1.61. The molecule has 1 N–H and O–H groups in total. The second kappa shape index (κ2) is 4.29. The molecule has 2 aliphatic heterocycles. The molecule has 0 amide bonds. The largest absolute Gasteiger partial charge is 0.435 e. The molecule has 0 aromatic carbocycles. The Morgan fingerprint density at radius 3 is 2.42 bits per heavy atom. The first-order chi connectivity index (χ1) is 8.70. The van der Waals surface area contributed by atoms with Crippen LogP contribution >= 0.6 is 0 Å². The Morgan fingerprint density at radius 1 is 1.26 bits per heavy atom. The molecule has 2 heterocycles. The Balaban J connectivity index is 2.74. The Bertz CT molecular complexity index is 648. The van der Waals surface area contributed by atoms with E-state index in [1.165, 1.54) is 6.07 Å². The van der Waals surface area contributed by atoms with E-state index in [-0.39, 0.29) is 23.0 Å². The SMILES string of the molecule is CC(C)c1cc2nc(F)c(C(F)(F)F)[nH]c-2nc1=O. The van der Waals surface area contributed by atoms with Crippen LogP contribution in [0.2, 0.25) is 0 Å². The standard InChI is InChI=1S/C11H9F4N3O/c1-4(2)5-3-6-9(18-10(5)19)17-7(8(12)16-6)11(13,14)15/h3-4H,1-2H3,(H,17,18,19). The highest BCUT2D eigenvalue weighted by molar-refractivity contribution is 5.52. The number of rotatable bonds is 1. The number of alkyl halides is 3. The molecule has 0 aromatic rings. The van der Waals surface area contributed by atoms with Crippen LogP contribution in [0.4, 0.5) is 17.6 Å². The van der Waals surface area contributed by atoms with Crippen molar-refractivity contribution < 1.29 is 17.6 Å². The molecular formula is C11H9F4N3O. The van der Waals surface area contributed by atoms with Crippen molar-refractivity contribution in [3.63, 3.8) is 0 Å². The van der Waals surface area contributed by atoms with Gasteiger partial charge in [-0.25, -0.2) is 4.98 Å². The number of aromatic amines is 1. The maximum absolute atomic E-state index is 13.3. The monoisotopic (exact) mass is 275 g/mol. The van der Waals surface area contributed by atoms with E-state index >= 15 is 0 Å². The van der Waals surface area contributed by atoms with Gasteiger partial charge in [-0.2, -0.15) is 22.5 Å². The zero-order chi connectivity index (χ0) is 14.4. The molecule has 0 radical (unpaired) electrons. The lowest BCUT2D eigenvalue weighted by Gasteiger charge is -2.12. The van der Waals surface area contributed by atoms with Gasteiger partial charge in [-0.1, -0.05) is 13.8 Å². The Kier molecular flexibility index (Phi) is 3.03. The maximum atomic E-state index is 13.3. The number of hydrogen-bond donors (Lipinski definition) is 1. The summed E-state index contributed by atoms with van der Waals surface area (Å²) in [4.78, 5) is 20.0. The molecule has 2 aliphatic rings. The summed E-state index contributed by atoms with van der Waals surface area (Å²) in [5.74, 6) is -2.24. The third kappa shape index (κ3) is 2.42. The lowest BCUT2D eigenvalue weighted by molar-refractivity contribution is -0.144. The lowest BCUT2D eigenvalue weighted by atomic mass is 10.0. The van der Waals surface area contributed by atoms with Crippen molar-refractivity contribution >= 4 is 0 Å². The minimum absolute atomic E-state index is 0.117. The molecule has 0 spiro atoms. The Morgan fingerprint density at radius 2 is 1.89 bits per heavy atom. The fraction of sp³-hybridized carbons (Fsp3) is 0.364. The Hall–Kier alpha value is -1.99. The van der Waals surface area contributed by atoms with Gasteiger partial charge in [0.05, 0.1) is 0 Å². The molecule has 0 aliphatic carbocycles. The molecule has 0 saturated heterocycles. The van der Waals surface area contributed by atoms with Crippen molar-refractivity contribution in [1.29, 1.82) is 0 Å². The van der Waals surface area contributed by atoms with Crippen molar-refractivity contribution in [3.8, 4) is 11.5 Å². The topological polar surface area (TPSA) is 58.6 Å². The van der Waals surface area contributed by atoms with E-state index in [2.05, 4.69) is 9.97 Å². The molecule has 102 valence electrons. The van der Waals surface area contributed by atoms with Gasteiger partial charge >= 0.3 is 6.18 Å². The van der Waals surface area contributed by atoms with Crippen LogP contribution in [-0.2, 0) is 6.18 Å². The predicted octanol–water partition coefficient (Wildman–Crippen LogP) is 2.55. The number of nitrogens with one attached hydrogen (secondary N) is 1. The van der Waals surface area contributed by atoms with Crippen LogP contribution in [0.15, 0.2) is 10.9 Å². The highest BCUT2D eigenvalue weighted by Gasteiger charge is 2.37. The summed E-state index contributed by atoms with van der Waals surface area (Å²) < 4.78 is 50.7. The molecule has 2 rings (SSSR count). The number of hydrogen-bond acceptors (Lipinski definition) is 3. The van der Waals surface area contributed by atoms with E-state index in [1.807, 2.05) is 0 Å². The summed E-state index contributed by atoms with van der Waals surface area (Å²) in [5.41, 5.74) is -2.15. The van der Waals surface area contributed by atoms with Gasteiger partial charge in [-0.05, 0) is 12.0 Å². The maximum Gasteiger partial charge on any atom is 0.435 e. The zero-order valence-corrected chi connectivity index (χ0v) is 9.97. The first kappa shape index (κ1) is 13.4. The summed E-state index contributed by atoms with van der Waals surface area (Å²) in [6.07, 6.45) is -4.92. The molecule has 0 atom stereocenters. The molecule has 0 unspecified atom stereocenters. The summed E-state index contributed by atoms with van der Waals surface area (Å²) in [5, 5.41) is 0. The van der Waals surface area contributed by atoms with Gasteiger partial charge in [-0.15, -0.1) is 0 Å². The minimum Gasteiger partial charge on any atom is -0.330 e. The third-order valence-corrected chi connectivity index (χ3v) is 2.57. The zero-order valence-electron chi connectivity index (χ0n) is 9.97. The van der Waals surface area contributed by atoms with Crippen LogP contribution in [-0.4, -0.2) is 15.0 Å². The normalized spacial score (nSPS) is 12.4. The second-order valence-corrected chi connectivity index (χ2v) is 4.31. The van der Waals surface area contributed by atoms with E-state index in [4.69, 9.17) is 0 Å². The first-order valence-corrected chi connectivity index (χ1v) is 5.38. The smallest absolute Gasteiger partial charge is 0.330 e. The third-order valence-electron chi connectivity index (χ3n) is 2.57. The van der Waals surface area contributed by atoms with E-state index in [1.54, 1.807) is 18.8 Å². The number of fused-ring (bicyclic) bond motifs is 1. The van der Waals surface area contributed by atoms with Gasteiger partial charge in [0.25, 0.3) is 5.56 Å². The highest BCUT2D eigenvalue weighted by Crippen LogP contribution is 2.31. The summed E-state index contributed by atoms with van der Waals surface area (Å²) in [7, 11) is 0. The van der Waals surface area contributed by atoms with Crippen molar-refractivity contribution in [1.82, 2.24) is 15.0 Å². The average Bonchev–Trinajstić information content (AvgIpc) is 2.26. The van der Waals surface area contributed by atoms with E-state index in [0.29, 0.717) is 0 Å². The summed E-state index contributed by atoms with van der Waals surface area (Å²) >= 11 is 0. The van der Waals surface area contributed by atoms with E-state index < -0.39 is 23.4 Å². The van der Waals surface area contributed by atoms with Crippen molar-refractivity contribution in [2.45, 2.75) is 25.9 Å². The second-order valence-electron chi connectivity index (χ2n) is 4.31. The van der Waals surface area contributed by atoms with Crippen LogP contribution in [0.5, 0.6) is 0 Å². The number of H-pyrrole nitrogens is 1. The minimum atomic E-state index is -4.92. The molecule has 0 fully saturated rings. The van der Waals surface area contributed by atoms with Crippen molar-refractivity contribution in [2.24, 2.45) is 0 Å². The molecule has 0 saturated carbocycles. The van der Waals surface area contributed by atoms with Crippen LogP contribution < -0.4 is 5.56 Å². The molecule has 8 heteroatoms. The van der Waals surface area contributed by atoms with E-state index in [9.17, 15) is 22.4 Å². The lowest BCUT2D eigenvalue weighted by Crippen LogP contribution is -2.20. The molecular weight excluding hydrogens is 266 g/mol. The van der Waals surface area contributed by atoms with E-state index in [0.717, 1.165) is 0 Å². The predicted molar refractivity (Wildman–Crippen MR) is 58.3 cm³/mol. The molecule has 19 heavy (non-hydrogen) atoms. The van der Waals surface area contributed by atoms with Gasteiger partial charge in [0.2, 0.25) is 5.95 Å². The average molecular weight is 275 g/mol. The molecule has 0 bridgehead atoms. The van der Waals surface area contributed by atoms with Crippen molar-refractivity contribution in [3.05, 3.63) is 33.6 Å². The van der Waals surface area contributed by atoms with Gasteiger partial charge in [0, 0.05) is 5.56 Å². The van der Waals surface area contributed by atoms with Crippen molar-refractivity contribution in [2.75, 3.05) is 0 Å². The van der Waals surface area contributed by atoms with Crippen LogP contribution in [0.25, 0.3) is 11.5 Å². The van der Waals surface area contributed by atoms with Gasteiger partial charge < -0.3 is 4.98 Å². The Labute approximate surface area is 104 Å². The van der Waals surface area contributed by atoms with Crippen LogP contribution in [0.1, 0.15) is 31.0 Å². The van der Waals surface area contributed by atoms with Gasteiger partial charge in [0.1, 0.15) is 5.69 Å². The van der Waals surface area contributed by atoms with Crippen LogP contribution in [0, 0.1) is 5.95 Å². The highest BCUT2D eigenvalue weighted by atomic mass is 19.4. The van der Waals surface area contributed by atoms with Crippen LogP contribution in [0.3, 0.4) is 0 Å². The fourth-order valence-electron chi connectivity index (χ4n) is 1.61. The molecule has 4 nitrogen and oxygen atoms in total. The van der Waals surface area contributed by atoms with Gasteiger partial charge in [0.15, 0.2) is 11.5 Å². The number of halogens is 4. The number of nitrogens with zero attached hydrogens (tertiary/aromatic N) is 2. The van der Waals surface area contributed by atoms with Gasteiger partial charge in [-0.3, -0.25) is 4.79 Å². The summed E-state index contributed by atoms with van der Waals surface area (Å²) in [6.45, 7) is 3.43. The summed E-state index contributed by atoms with van der Waals surface area (Å²) in [6, 6.07) is 1.25.